The first-order valence-electron chi connectivity index (χ1n) is 10.6. The van der Waals surface area contributed by atoms with Crippen molar-refractivity contribution >= 4 is 46.5 Å². The lowest BCUT2D eigenvalue weighted by Crippen LogP contribution is -2.51. The Hall–Kier alpha value is -3.79. The zero-order valence-corrected chi connectivity index (χ0v) is 19.2. The highest BCUT2D eigenvalue weighted by atomic mass is 32.2. The summed E-state index contributed by atoms with van der Waals surface area (Å²) in [4.78, 5) is 40.7. The van der Waals surface area contributed by atoms with E-state index in [1.165, 1.54) is 28.0 Å². The fourth-order valence-electron chi connectivity index (χ4n) is 4.41. The number of rotatable bonds is 4. The van der Waals surface area contributed by atoms with Crippen LogP contribution in [0.2, 0.25) is 0 Å². The quantitative estimate of drug-likeness (QED) is 0.583. The number of aryl methyl sites for hydroxylation is 1. The van der Waals surface area contributed by atoms with E-state index < -0.39 is 40.7 Å². The van der Waals surface area contributed by atoms with Gasteiger partial charge in [0.2, 0.25) is 16.7 Å². The number of hydrogen-bond acceptors (Lipinski definition) is 4. The fraction of sp³-hybridized carbons (Fsp3) is 0.160. The minimum absolute atomic E-state index is 0.0174. The largest absolute Gasteiger partial charge is 0.322 e. The molecule has 0 radical (unpaired) electrons. The first-order valence-corrected chi connectivity index (χ1v) is 11.6. The summed E-state index contributed by atoms with van der Waals surface area (Å²) in [7, 11) is 0. The molecule has 1 atom stereocenters. The van der Waals surface area contributed by atoms with Crippen LogP contribution in [0.1, 0.15) is 11.1 Å². The van der Waals surface area contributed by atoms with Crippen molar-refractivity contribution in [3.05, 3.63) is 89.2 Å². The van der Waals surface area contributed by atoms with Crippen LogP contribution in [-0.2, 0) is 19.3 Å². The summed E-state index contributed by atoms with van der Waals surface area (Å²) in [5.41, 5.74) is 1.74. The van der Waals surface area contributed by atoms with E-state index in [4.69, 9.17) is 0 Å². The summed E-state index contributed by atoms with van der Waals surface area (Å²) in [6.45, 7) is 1.36. The van der Waals surface area contributed by atoms with E-state index in [1.54, 1.807) is 24.3 Å². The molecule has 0 aliphatic carbocycles. The first kappa shape index (κ1) is 23.0. The molecule has 1 fully saturated rings. The van der Waals surface area contributed by atoms with Gasteiger partial charge in [0.05, 0.1) is 17.1 Å². The Morgan fingerprint density at radius 2 is 1.80 bits per heavy atom. The molecule has 0 unspecified atom stereocenters. The van der Waals surface area contributed by atoms with Crippen LogP contribution in [0.3, 0.4) is 0 Å². The topological polar surface area (TPSA) is 69.7 Å². The van der Waals surface area contributed by atoms with Gasteiger partial charge in [0.25, 0.3) is 5.91 Å². The Labute approximate surface area is 202 Å². The molecule has 1 N–H and O–H groups in total. The maximum Gasteiger partial charge on any atom is 0.269 e. The van der Waals surface area contributed by atoms with Crippen molar-refractivity contribution in [1.82, 2.24) is 0 Å². The third-order valence-corrected chi connectivity index (χ3v) is 7.27. The van der Waals surface area contributed by atoms with Crippen LogP contribution in [0.5, 0.6) is 0 Å². The standard InChI is InChI=1S/C25H18F3N3O3S/c1-14-5-8-21-18(9-14)25(31(23(33)13-35-25)17-4-2-3-15(26)10-17)24(34)30(21)12-22(32)29-20-7-6-16(27)11-19(20)28/h2-11H,12-13H2,1H3,(H,29,32)/t25-/m0/s1. The van der Waals surface area contributed by atoms with Crippen molar-refractivity contribution in [3.8, 4) is 0 Å². The number of thioether (sulfide) groups is 1. The van der Waals surface area contributed by atoms with Crippen LogP contribution in [0.25, 0.3) is 0 Å². The molecule has 2 aliphatic heterocycles. The minimum Gasteiger partial charge on any atom is -0.322 e. The molecule has 3 aromatic carbocycles. The Kier molecular flexibility index (Phi) is 5.55. The highest BCUT2D eigenvalue weighted by Crippen LogP contribution is 2.55. The van der Waals surface area contributed by atoms with Crippen molar-refractivity contribution in [3.63, 3.8) is 0 Å². The van der Waals surface area contributed by atoms with Gasteiger partial charge in [0.15, 0.2) is 0 Å². The Balaban J connectivity index is 1.54. The molecule has 1 spiro atoms. The Morgan fingerprint density at radius 1 is 1.03 bits per heavy atom. The van der Waals surface area contributed by atoms with Crippen molar-refractivity contribution in [2.24, 2.45) is 0 Å². The number of benzene rings is 3. The molecule has 10 heteroatoms. The summed E-state index contributed by atoms with van der Waals surface area (Å²) >= 11 is 1.10. The van der Waals surface area contributed by atoms with Gasteiger partial charge in [0, 0.05) is 17.3 Å². The lowest BCUT2D eigenvalue weighted by molar-refractivity contribution is -0.124. The van der Waals surface area contributed by atoms with Crippen LogP contribution in [-0.4, -0.2) is 30.0 Å². The van der Waals surface area contributed by atoms with E-state index in [9.17, 15) is 27.6 Å². The summed E-state index contributed by atoms with van der Waals surface area (Å²) in [5.74, 6) is -3.95. The number of fused-ring (bicyclic) bond motifs is 2. The third kappa shape index (κ3) is 3.74. The van der Waals surface area contributed by atoms with Crippen LogP contribution >= 0.6 is 11.8 Å². The van der Waals surface area contributed by atoms with Gasteiger partial charge in [-0.15, -0.1) is 11.8 Å². The zero-order valence-electron chi connectivity index (χ0n) is 18.3. The zero-order chi connectivity index (χ0) is 24.9. The average Bonchev–Trinajstić information content (AvgIpc) is 3.26. The average molecular weight is 497 g/mol. The highest BCUT2D eigenvalue weighted by molar-refractivity contribution is 8.02. The molecule has 3 amide bonds. The maximum atomic E-state index is 14.0. The van der Waals surface area contributed by atoms with E-state index in [-0.39, 0.29) is 23.0 Å². The second kappa shape index (κ2) is 8.46. The number of carbonyl (C=O) groups is 3. The van der Waals surface area contributed by atoms with E-state index in [1.807, 2.05) is 6.92 Å². The van der Waals surface area contributed by atoms with Gasteiger partial charge in [-0.1, -0.05) is 23.8 Å². The minimum atomic E-state index is -1.52. The molecule has 2 aliphatic rings. The van der Waals surface area contributed by atoms with Gasteiger partial charge >= 0.3 is 0 Å². The summed E-state index contributed by atoms with van der Waals surface area (Å²) in [6, 6.07) is 13.4. The van der Waals surface area contributed by atoms with Gasteiger partial charge in [-0.3, -0.25) is 24.2 Å². The maximum absolute atomic E-state index is 14.0. The van der Waals surface area contributed by atoms with Gasteiger partial charge in [-0.25, -0.2) is 13.2 Å². The predicted octanol–water partition coefficient (Wildman–Crippen LogP) is 4.33. The summed E-state index contributed by atoms with van der Waals surface area (Å²) in [6.07, 6.45) is 0. The van der Waals surface area contributed by atoms with Crippen molar-refractivity contribution in [1.29, 1.82) is 0 Å². The lowest BCUT2D eigenvalue weighted by Gasteiger charge is -2.33. The Morgan fingerprint density at radius 3 is 2.54 bits per heavy atom. The van der Waals surface area contributed by atoms with Crippen molar-refractivity contribution < 1.29 is 27.6 Å². The molecule has 0 aromatic heterocycles. The number of carbonyl (C=O) groups excluding carboxylic acids is 3. The number of halogens is 3. The first-order chi connectivity index (χ1) is 16.7. The molecule has 0 saturated carbocycles. The van der Waals surface area contributed by atoms with Crippen LogP contribution < -0.4 is 15.1 Å². The van der Waals surface area contributed by atoms with Crippen molar-refractivity contribution in [2.75, 3.05) is 27.4 Å². The van der Waals surface area contributed by atoms with E-state index in [2.05, 4.69) is 5.32 Å². The smallest absolute Gasteiger partial charge is 0.269 e. The third-order valence-electron chi connectivity index (χ3n) is 5.89. The Bertz CT molecular complexity index is 1400. The second-order valence-electron chi connectivity index (χ2n) is 8.23. The monoisotopic (exact) mass is 497 g/mol. The van der Waals surface area contributed by atoms with Crippen LogP contribution in [0, 0.1) is 24.4 Å². The predicted molar refractivity (Wildman–Crippen MR) is 127 cm³/mol. The molecule has 35 heavy (non-hydrogen) atoms. The van der Waals surface area contributed by atoms with E-state index in [0.29, 0.717) is 17.3 Å². The number of amides is 3. The molecular weight excluding hydrogens is 479 g/mol. The molecule has 178 valence electrons. The van der Waals surface area contributed by atoms with Gasteiger partial charge < -0.3 is 5.32 Å². The summed E-state index contributed by atoms with van der Waals surface area (Å²) in [5, 5.41) is 2.35. The van der Waals surface area contributed by atoms with Crippen LogP contribution in [0.4, 0.5) is 30.2 Å². The van der Waals surface area contributed by atoms with Crippen LogP contribution in [0.15, 0.2) is 60.7 Å². The number of hydrogen-bond donors (Lipinski definition) is 1. The molecule has 2 heterocycles. The molecule has 0 bridgehead atoms. The highest BCUT2D eigenvalue weighted by Gasteiger charge is 2.61. The number of nitrogens with one attached hydrogen (secondary N) is 1. The van der Waals surface area contributed by atoms with E-state index in [0.717, 1.165) is 29.5 Å². The molecule has 5 rings (SSSR count). The van der Waals surface area contributed by atoms with Gasteiger partial charge in [0.1, 0.15) is 24.0 Å². The summed E-state index contributed by atoms with van der Waals surface area (Å²) < 4.78 is 41.3. The SMILES string of the molecule is Cc1ccc2c(c1)[C@]1(SCC(=O)N1c1cccc(F)c1)C(=O)N2CC(=O)Nc1ccc(F)cc1F. The molecular formula is C25H18F3N3O3S. The number of nitrogens with zero attached hydrogens (tertiary/aromatic N) is 2. The van der Waals surface area contributed by atoms with Gasteiger partial charge in [-0.05, 0) is 43.3 Å². The van der Waals surface area contributed by atoms with E-state index >= 15 is 0 Å². The normalized spacial score (nSPS) is 19.0. The van der Waals surface area contributed by atoms with Crippen molar-refractivity contribution in [2.45, 2.75) is 11.8 Å². The number of anilines is 3. The molecule has 6 nitrogen and oxygen atoms in total. The lowest BCUT2D eigenvalue weighted by atomic mass is 10.0. The fourth-order valence-corrected chi connectivity index (χ4v) is 5.76. The molecule has 1 saturated heterocycles. The van der Waals surface area contributed by atoms with Gasteiger partial charge in [-0.2, -0.15) is 0 Å². The molecule has 3 aromatic rings. The second-order valence-corrected chi connectivity index (χ2v) is 9.39.